The molecule has 0 saturated heterocycles. The molecule has 0 aliphatic rings. The summed E-state index contributed by atoms with van der Waals surface area (Å²) >= 11 is 3.54. The smallest absolute Gasteiger partial charge is 0.272 e. The van der Waals surface area contributed by atoms with Crippen LogP contribution in [-0.4, -0.2) is 31.4 Å². The summed E-state index contributed by atoms with van der Waals surface area (Å²) in [5.74, 6) is -0.0689. The number of benzene rings is 1. The maximum absolute atomic E-state index is 12.8. The number of carbonyl (C=O) groups is 2. The molecule has 1 aromatic carbocycles. The van der Waals surface area contributed by atoms with Gasteiger partial charge in [0.15, 0.2) is 0 Å². The molecule has 3 heterocycles. The summed E-state index contributed by atoms with van der Waals surface area (Å²) in [7, 11) is 1.64. The summed E-state index contributed by atoms with van der Waals surface area (Å²) in [5, 5.41) is 14.2. The van der Waals surface area contributed by atoms with E-state index in [1.165, 1.54) is 10.9 Å². The lowest BCUT2D eigenvalue weighted by Gasteiger charge is -2.09. The van der Waals surface area contributed by atoms with Gasteiger partial charge in [0.2, 0.25) is 0 Å². The molecule has 9 nitrogen and oxygen atoms in total. The molecule has 4 aromatic rings. The van der Waals surface area contributed by atoms with E-state index in [0.717, 1.165) is 21.4 Å². The zero-order valence-corrected chi connectivity index (χ0v) is 20.0. The monoisotopic (exact) mass is 510 g/mol. The lowest BCUT2D eigenvalue weighted by atomic mass is 10.1. The van der Waals surface area contributed by atoms with E-state index in [9.17, 15) is 9.59 Å². The Balaban J connectivity index is 1.43. The van der Waals surface area contributed by atoms with Gasteiger partial charge in [-0.2, -0.15) is 10.2 Å². The Hall–Kier alpha value is -3.66. The van der Waals surface area contributed by atoms with Crippen LogP contribution in [0.1, 0.15) is 43.6 Å². The molecule has 0 aliphatic carbocycles. The molecule has 0 bridgehead atoms. The Morgan fingerprint density at radius 1 is 1.12 bits per heavy atom. The Morgan fingerprint density at radius 2 is 1.88 bits per heavy atom. The Morgan fingerprint density at radius 3 is 2.52 bits per heavy atom. The highest BCUT2D eigenvalue weighted by atomic mass is 79.9. The van der Waals surface area contributed by atoms with Gasteiger partial charge < -0.3 is 15.1 Å². The van der Waals surface area contributed by atoms with Crippen LogP contribution in [0, 0.1) is 13.8 Å². The first-order valence-electron chi connectivity index (χ1n) is 10.3. The van der Waals surface area contributed by atoms with Gasteiger partial charge in [-0.3, -0.25) is 19.0 Å². The van der Waals surface area contributed by atoms with Gasteiger partial charge in [0.05, 0.1) is 47.1 Å². The highest BCUT2D eigenvalue weighted by molar-refractivity contribution is 9.10. The first-order chi connectivity index (χ1) is 15.8. The maximum atomic E-state index is 12.8. The first-order valence-corrected chi connectivity index (χ1v) is 11.0. The molecule has 0 spiro atoms. The Labute approximate surface area is 198 Å². The second-order valence-corrected chi connectivity index (χ2v) is 8.38. The molecule has 0 saturated carbocycles. The van der Waals surface area contributed by atoms with Crippen molar-refractivity contribution in [3.63, 3.8) is 0 Å². The fourth-order valence-corrected chi connectivity index (χ4v) is 3.70. The molecule has 2 N–H and O–H groups in total. The highest BCUT2D eigenvalue weighted by Gasteiger charge is 2.19. The number of halogens is 1. The number of furan rings is 1. The minimum atomic E-state index is -0.368. The third kappa shape index (κ3) is 4.90. The Kier molecular flexibility index (Phi) is 6.45. The van der Waals surface area contributed by atoms with E-state index in [1.54, 1.807) is 37.6 Å². The molecule has 0 atom stereocenters. The van der Waals surface area contributed by atoms with Gasteiger partial charge >= 0.3 is 0 Å². The van der Waals surface area contributed by atoms with E-state index in [1.807, 2.05) is 30.7 Å². The maximum Gasteiger partial charge on any atom is 0.272 e. The van der Waals surface area contributed by atoms with E-state index < -0.39 is 0 Å². The number of rotatable bonds is 7. The van der Waals surface area contributed by atoms with Crippen LogP contribution >= 0.6 is 15.9 Å². The third-order valence-electron chi connectivity index (χ3n) is 5.25. The van der Waals surface area contributed by atoms with Gasteiger partial charge in [0.25, 0.3) is 11.8 Å². The van der Waals surface area contributed by atoms with Crippen molar-refractivity contribution in [2.45, 2.75) is 26.9 Å². The molecule has 33 heavy (non-hydrogen) atoms. The van der Waals surface area contributed by atoms with E-state index in [4.69, 9.17) is 4.42 Å². The lowest BCUT2D eigenvalue weighted by molar-refractivity contribution is 0.0939. The zero-order valence-electron chi connectivity index (χ0n) is 18.4. The van der Waals surface area contributed by atoms with Crippen LogP contribution < -0.4 is 10.6 Å². The standard InChI is InChI=1S/C23H23BrN6O3/c1-14-20(24)15(2)30(28-14)13-16-6-8-17(9-7-16)22(31)27-19-12-26-29(3)21(19)23(32)25-11-18-5-4-10-33-18/h4-10,12H,11,13H2,1-3H3,(H,25,32)(H,27,31). The van der Waals surface area contributed by atoms with Crippen molar-refractivity contribution >= 4 is 33.4 Å². The predicted molar refractivity (Wildman–Crippen MR) is 126 cm³/mol. The first kappa shape index (κ1) is 22.5. The lowest BCUT2D eigenvalue weighted by Crippen LogP contribution is -2.26. The molecule has 0 fully saturated rings. The van der Waals surface area contributed by atoms with Crippen LogP contribution in [0.3, 0.4) is 0 Å². The summed E-state index contributed by atoms with van der Waals surface area (Å²) in [6.45, 7) is 4.79. The summed E-state index contributed by atoms with van der Waals surface area (Å²) in [5.41, 5.74) is 4.05. The molecular weight excluding hydrogens is 488 g/mol. The number of nitrogens with one attached hydrogen (secondary N) is 2. The summed E-state index contributed by atoms with van der Waals surface area (Å²) < 4.78 is 9.56. The fraction of sp³-hybridized carbons (Fsp3) is 0.217. The number of aryl methyl sites for hydroxylation is 2. The summed E-state index contributed by atoms with van der Waals surface area (Å²) in [6.07, 6.45) is 2.99. The van der Waals surface area contributed by atoms with E-state index in [-0.39, 0.29) is 24.1 Å². The van der Waals surface area contributed by atoms with Gasteiger partial charge in [-0.1, -0.05) is 12.1 Å². The Bertz CT molecular complexity index is 1290. The third-order valence-corrected chi connectivity index (χ3v) is 6.39. The van der Waals surface area contributed by atoms with Crippen molar-refractivity contribution in [3.8, 4) is 0 Å². The molecule has 4 rings (SSSR count). The van der Waals surface area contributed by atoms with Gasteiger partial charge in [-0.15, -0.1) is 0 Å². The average Bonchev–Trinajstić information content (AvgIpc) is 3.51. The van der Waals surface area contributed by atoms with Crippen molar-refractivity contribution < 1.29 is 14.0 Å². The van der Waals surface area contributed by atoms with Gasteiger partial charge in [0.1, 0.15) is 11.5 Å². The minimum Gasteiger partial charge on any atom is -0.467 e. The van der Waals surface area contributed by atoms with E-state index in [0.29, 0.717) is 23.6 Å². The quantitative estimate of drug-likeness (QED) is 0.393. The second kappa shape index (κ2) is 9.45. The number of amides is 2. The zero-order chi connectivity index (χ0) is 23.5. The van der Waals surface area contributed by atoms with Crippen molar-refractivity contribution in [2.75, 3.05) is 5.32 Å². The summed E-state index contributed by atoms with van der Waals surface area (Å²) in [6, 6.07) is 10.8. The van der Waals surface area contributed by atoms with Gasteiger partial charge in [-0.25, -0.2) is 0 Å². The topological polar surface area (TPSA) is 107 Å². The number of hydrogen-bond donors (Lipinski definition) is 2. The van der Waals surface area contributed by atoms with Crippen LogP contribution in [0.5, 0.6) is 0 Å². The van der Waals surface area contributed by atoms with Crippen molar-refractivity contribution in [1.29, 1.82) is 0 Å². The highest BCUT2D eigenvalue weighted by Crippen LogP contribution is 2.21. The average molecular weight is 511 g/mol. The molecule has 0 aliphatic heterocycles. The van der Waals surface area contributed by atoms with Crippen LogP contribution in [0.25, 0.3) is 0 Å². The van der Waals surface area contributed by atoms with Crippen LogP contribution in [-0.2, 0) is 20.1 Å². The van der Waals surface area contributed by atoms with Crippen LogP contribution in [0.4, 0.5) is 5.69 Å². The fourth-order valence-electron chi connectivity index (χ4n) is 3.42. The summed E-state index contributed by atoms with van der Waals surface area (Å²) in [4.78, 5) is 25.5. The normalized spacial score (nSPS) is 10.9. The number of hydrogen-bond acceptors (Lipinski definition) is 5. The molecule has 2 amide bonds. The number of nitrogens with zero attached hydrogens (tertiary/aromatic N) is 4. The minimum absolute atomic E-state index is 0.234. The molecule has 3 aromatic heterocycles. The molecule has 0 radical (unpaired) electrons. The molecule has 10 heteroatoms. The SMILES string of the molecule is Cc1nn(Cc2ccc(C(=O)Nc3cnn(C)c3C(=O)NCc3ccco3)cc2)c(C)c1Br. The predicted octanol–water partition coefficient (Wildman–Crippen LogP) is 3.82. The molecule has 0 unspecified atom stereocenters. The van der Waals surface area contributed by atoms with Crippen molar-refractivity contribution in [3.05, 3.63) is 87.3 Å². The van der Waals surface area contributed by atoms with Gasteiger partial charge in [0, 0.05) is 12.6 Å². The largest absolute Gasteiger partial charge is 0.467 e. The molecular formula is C23H23BrN6O3. The van der Waals surface area contributed by atoms with Crippen molar-refractivity contribution in [2.24, 2.45) is 7.05 Å². The van der Waals surface area contributed by atoms with Crippen molar-refractivity contribution in [1.82, 2.24) is 24.9 Å². The number of carbonyl (C=O) groups excluding carboxylic acids is 2. The molecule has 170 valence electrons. The van der Waals surface area contributed by atoms with E-state index >= 15 is 0 Å². The number of aromatic nitrogens is 4. The number of anilines is 1. The van der Waals surface area contributed by atoms with Crippen LogP contribution in [0.15, 0.2) is 57.7 Å². The van der Waals surface area contributed by atoms with Crippen LogP contribution in [0.2, 0.25) is 0 Å². The van der Waals surface area contributed by atoms with E-state index in [2.05, 4.69) is 36.8 Å². The second-order valence-electron chi connectivity index (χ2n) is 7.59. The van der Waals surface area contributed by atoms with Gasteiger partial charge in [-0.05, 0) is 59.6 Å².